The van der Waals surface area contributed by atoms with Crippen molar-refractivity contribution in [3.63, 3.8) is 0 Å². The molecule has 0 radical (unpaired) electrons. The van der Waals surface area contributed by atoms with Gasteiger partial charge in [0.25, 0.3) is 0 Å². The summed E-state index contributed by atoms with van der Waals surface area (Å²) in [6.07, 6.45) is 8.12. The Morgan fingerprint density at radius 1 is 0.920 bits per heavy atom. The molecule has 1 aliphatic rings. The van der Waals surface area contributed by atoms with Crippen molar-refractivity contribution >= 4 is 14.7 Å². The predicted octanol–water partition coefficient (Wildman–Crippen LogP) is 7.57. The summed E-state index contributed by atoms with van der Waals surface area (Å²) in [6.45, 7) is 11.7. The van der Waals surface area contributed by atoms with Gasteiger partial charge in [0.15, 0.2) is 0 Å². The monoisotopic (exact) mass is 501 g/mol. The number of allylic oxidation sites excluding steroid dienone is 4. The van der Waals surface area contributed by atoms with Crippen LogP contribution in [0.3, 0.4) is 0 Å². The molecular formula is C17H34F3GeN3Zr. The molecule has 25 heavy (non-hydrogen) atoms. The van der Waals surface area contributed by atoms with Crippen LogP contribution in [0.1, 0.15) is 67.2 Å². The molecule has 0 spiro atoms. The zero-order chi connectivity index (χ0) is 19.8. The van der Waals surface area contributed by atoms with Crippen LogP contribution < -0.4 is 0 Å². The van der Waals surface area contributed by atoms with E-state index < -0.39 is 19.1 Å². The van der Waals surface area contributed by atoms with Gasteiger partial charge < -0.3 is 17.2 Å². The quantitative estimate of drug-likeness (QED) is 0.282. The van der Waals surface area contributed by atoms with E-state index in [0.29, 0.717) is 6.42 Å². The van der Waals surface area contributed by atoms with Gasteiger partial charge >= 0.3 is 80.4 Å². The average Bonchev–Trinajstić information content (AvgIpc) is 3.03. The van der Waals surface area contributed by atoms with Crippen LogP contribution >= 0.6 is 0 Å². The fourth-order valence-electron chi connectivity index (χ4n) is 0.599. The van der Waals surface area contributed by atoms with Gasteiger partial charge in [-0.2, -0.15) is 0 Å². The Morgan fingerprint density at radius 2 is 1.20 bits per heavy atom. The largest absolute Gasteiger partial charge is 4.00 e. The van der Waals surface area contributed by atoms with Gasteiger partial charge in [0, 0.05) is 0 Å². The number of nitrogens with one attached hydrogen (secondary N) is 3. The minimum absolute atomic E-state index is 0. The summed E-state index contributed by atoms with van der Waals surface area (Å²) in [5.41, 5.74) is 20.5. The third-order valence-electron chi connectivity index (χ3n) is 2.84. The van der Waals surface area contributed by atoms with Crippen LogP contribution in [0.5, 0.6) is 0 Å². The Bertz CT molecular complexity index is 313. The summed E-state index contributed by atoms with van der Waals surface area (Å²) < 4.78 is 34.9. The van der Waals surface area contributed by atoms with Crippen molar-refractivity contribution in [1.29, 1.82) is 0 Å². The maximum absolute atomic E-state index is 11.8. The number of hydrogen-bond donors (Lipinski definition) is 0. The van der Waals surface area contributed by atoms with Gasteiger partial charge in [-0.25, -0.2) is 0 Å². The number of hydrogen-bond acceptors (Lipinski definition) is 0. The molecule has 8 heteroatoms. The number of halogens is 3. The molecule has 3 nitrogen and oxygen atoms in total. The van der Waals surface area contributed by atoms with E-state index in [4.69, 9.17) is 17.2 Å². The number of rotatable bonds is 4. The fourth-order valence-corrected chi connectivity index (χ4v) is 1.88. The van der Waals surface area contributed by atoms with Crippen LogP contribution in [0, 0.1) is 6.08 Å². The summed E-state index contributed by atoms with van der Waals surface area (Å²) in [7, 11) is 0. The molecule has 0 bridgehead atoms. The van der Waals surface area contributed by atoms with Gasteiger partial charge in [0.2, 0.25) is 0 Å². The molecule has 0 aromatic heterocycles. The zero-order valence-corrected chi connectivity index (χ0v) is 20.9. The van der Waals surface area contributed by atoms with Crippen molar-refractivity contribution in [3.8, 4) is 0 Å². The van der Waals surface area contributed by atoms with Crippen molar-refractivity contribution < 1.29 is 36.7 Å². The molecule has 0 aromatic rings. The average molecular weight is 501 g/mol. The Balaban J connectivity index is -0.000000122. The smallest absolute Gasteiger partial charge is 4.00 e. The van der Waals surface area contributed by atoms with Gasteiger partial charge in [-0.3, -0.25) is 0 Å². The molecule has 0 saturated carbocycles. The molecule has 0 amide bonds. The van der Waals surface area contributed by atoms with E-state index in [2.05, 4.69) is 6.08 Å². The molecule has 146 valence electrons. The second kappa shape index (κ2) is 20.9. The van der Waals surface area contributed by atoms with E-state index in [-0.39, 0.29) is 44.3 Å². The van der Waals surface area contributed by atoms with Crippen LogP contribution in [0.2, 0.25) is 0 Å². The van der Waals surface area contributed by atoms with Crippen LogP contribution in [-0.4, -0.2) is 32.8 Å². The molecule has 3 atom stereocenters. The molecule has 3 N–H and O–H groups in total. The van der Waals surface area contributed by atoms with E-state index in [1.165, 1.54) is 6.08 Å². The van der Waals surface area contributed by atoms with E-state index in [0.717, 1.165) is 25.3 Å². The summed E-state index contributed by atoms with van der Waals surface area (Å²) in [5.74, 6) is 0. The molecule has 0 aromatic carbocycles. The second-order valence-corrected chi connectivity index (χ2v) is 8.84. The van der Waals surface area contributed by atoms with Crippen LogP contribution in [0.4, 0.5) is 10.5 Å². The third-order valence-corrected chi connectivity index (χ3v) is 4.84. The molecule has 3 unspecified atom stereocenters. The molecule has 0 fully saturated rings. The summed E-state index contributed by atoms with van der Waals surface area (Å²) in [5, 5.41) is 0. The van der Waals surface area contributed by atoms with Gasteiger partial charge in [-0.1, -0.05) is 60.8 Å². The molecule has 0 heterocycles. The van der Waals surface area contributed by atoms with E-state index >= 15 is 0 Å². The fraction of sp³-hybridized carbons (Fsp3) is 0.765. The van der Waals surface area contributed by atoms with E-state index in [1.807, 2.05) is 41.5 Å². The van der Waals surface area contributed by atoms with Gasteiger partial charge in [0.1, 0.15) is 0 Å². The normalized spacial score (nSPS) is 15.6. The van der Waals surface area contributed by atoms with E-state index in [1.54, 1.807) is 0 Å². The van der Waals surface area contributed by atoms with Crippen LogP contribution in [0.15, 0.2) is 16.6 Å². The first-order chi connectivity index (χ1) is 10.9. The first kappa shape index (κ1) is 33.2. The minimum Gasteiger partial charge on any atom is 4.00 e. The Morgan fingerprint density at radius 3 is 1.28 bits per heavy atom. The van der Waals surface area contributed by atoms with Crippen molar-refractivity contribution in [3.05, 3.63) is 39.8 Å². The van der Waals surface area contributed by atoms with Crippen molar-refractivity contribution in [2.75, 3.05) is 0 Å². The van der Waals surface area contributed by atoms with Gasteiger partial charge in [-0.05, 0) is 0 Å². The van der Waals surface area contributed by atoms with Crippen LogP contribution in [0.25, 0.3) is 17.2 Å². The maximum Gasteiger partial charge on any atom is 4.00 e. The minimum atomic E-state index is -5.96. The summed E-state index contributed by atoms with van der Waals surface area (Å²) in [6, 6.07) is 0.403. The van der Waals surface area contributed by atoms with Gasteiger partial charge in [-0.15, -0.1) is 18.1 Å². The first-order valence-electron chi connectivity index (χ1n) is 8.39. The summed E-state index contributed by atoms with van der Waals surface area (Å²) >= 11 is -5.96. The first-order valence-corrected chi connectivity index (χ1v) is 11.8. The third kappa shape index (κ3) is 32.7. The summed E-state index contributed by atoms with van der Waals surface area (Å²) in [4.78, 5) is 0. The Labute approximate surface area is 176 Å². The topological polar surface area (TPSA) is 71.4 Å². The second-order valence-electron chi connectivity index (χ2n) is 5.62. The van der Waals surface area contributed by atoms with Crippen molar-refractivity contribution in [2.24, 2.45) is 0 Å². The zero-order valence-electron chi connectivity index (χ0n) is 16.3. The van der Waals surface area contributed by atoms with Crippen LogP contribution in [-0.2, 0) is 26.2 Å². The van der Waals surface area contributed by atoms with Crippen molar-refractivity contribution in [2.45, 2.75) is 85.4 Å². The predicted molar refractivity (Wildman–Crippen MR) is 102 cm³/mol. The van der Waals surface area contributed by atoms with Crippen molar-refractivity contribution in [1.82, 2.24) is 0 Å². The SMILES string of the molecule is CCC(C)[NH-].CCC(C)[NH-].CCC(C)[NH-].[F][Ge]([F])([F])[C]1=[C-]CC=C1.[Zr+4]. The van der Waals surface area contributed by atoms with E-state index in [9.17, 15) is 10.5 Å². The molecular weight excluding hydrogens is 467 g/mol. The molecule has 1 aliphatic carbocycles. The molecule has 1 rings (SSSR count). The standard InChI is InChI=1S/C5H4F3Ge.3C4H10N.Zr/c6-9(7,8)5-3-1-2-4-5;3*1-3-4(2)5;/h1,3H,2H2;3*4-5H,3H2,1-2H3;/q4*-1;+4. The molecule has 0 aliphatic heterocycles. The Kier molecular flexibility index (Phi) is 27.7. The maximum atomic E-state index is 11.8. The van der Waals surface area contributed by atoms with Gasteiger partial charge in [0.05, 0.1) is 0 Å². The Hall–Kier alpha value is 0.576. The molecule has 0 saturated heterocycles.